The summed E-state index contributed by atoms with van der Waals surface area (Å²) >= 11 is 5.98. The standard InChI is InChI=1S/C16H13ClN2O7S2/c17-13-7-27(22,23)8-14(13)18-28(24,25)10-2-4-15-12(6-10)11-3-1-9(19(20)21)5-16(11)26-15/h1-6,13-14,18H,7-8H2. The average molecular weight is 445 g/mol. The number of nitrogens with one attached hydrogen (secondary N) is 1. The van der Waals surface area contributed by atoms with E-state index in [4.69, 9.17) is 16.0 Å². The molecule has 2 unspecified atom stereocenters. The lowest BCUT2D eigenvalue weighted by Crippen LogP contribution is -2.40. The molecule has 2 heterocycles. The Morgan fingerprint density at radius 2 is 1.86 bits per heavy atom. The molecule has 0 bridgehead atoms. The normalized spacial score (nSPS) is 22.0. The van der Waals surface area contributed by atoms with E-state index >= 15 is 0 Å². The van der Waals surface area contributed by atoms with Gasteiger partial charge in [-0.15, -0.1) is 11.6 Å². The number of nitro groups is 1. The molecule has 0 saturated carbocycles. The second-order valence-electron chi connectivity index (χ2n) is 6.52. The number of nitrogens with zero attached hydrogens (tertiary/aromatic N) is 1. The molecule has 1 fully saturated rings. The van der Waals surface area contributed by atoms with Crippen molar-refractivity contribution in [3.8, 4) is 0 Å². The third-order valence-corrected chi connectivity index (χ3v) is 8.40. The molecule has 2 atom stereocenters. The van der Waals surface area contributed by atoms with Crippen molar-refractivity contribution in [2.45, 2.75) is 16.3 Å². The van der Waals surface area contributed by atoms with Crippen LogP contribution in [-0.2, 0) is 19.9 Å². The van der Waals surface area contributed by atoms with Crippen molar-refractivity contribution in [1.82, 2.24) is 4.72 Å². The summed E-state index contributed by atoms with van der Waals surface area (Å²) in [5.41, 5.74) is 0.485. The van der Waals surface area contributed by atoms with Crippen molar-refractivity contribution in [3.05, 3.63) is 46.5 Å². The number of nitro benzene ring substituents is 1. The highest BCUT2D eigenvalue weighted by molar-refractivity contribution is 7.92. The number of halogens is 1. The van der Waals surface area contributed by atoms with Gasteiger partial charge in [0.05, 0.1) is 38.8 Å². The van der Waals surface area contributed by atoms with Gasteiger partial charge >= 0.3 is 0 Å². The molecule has 0 amide bonds. The second kappa shape index (κ2) is 6.41. The van der Waals surface area contributed by atoms with E-state index in [0.29, 0.717) is 16.4 Å². The fraction of sp³-hybridized carbons (Fsp3) is 0.250. The summed E-state index contributed by atoms with van der Waals surface area (Å²) in [6.45, 7) is 0. The van der Waals surface area contributed by atoms with Gasteiger partial charge in [-0.25, -0.2) is 21.6 Å². The molecule has 1 aromatic heterocycles. The summed E-state index contributed by atoms with van der Waals surface area (Å²) in [6, 6.07) is 7.27. The first-order chi connectivity index (χ1) is 13.1. The monoisotopic (exact) mass is 444 g/mol. The number of benzene rings is 2. The van der Waals surface area contributed by atoms with E-state index in [1.54, 1.807) is 0 Å². The third-order valence-electron chi connectivity index (χ3n) is 4.54. The van der Waals surface area contributed by atoms with Crippen LogP contribution >= 0.6 is 11.6 Å². The fourth-order valence-electron chi connectivity index (χ4n) is 3.21. The molecule has 1 aliphatic heterocycles. The Morgan fingerprint density at radius 3 is 2.50 bits per heavy atom. The summed E-state index contributed by atoms with van der Waals surface area (Å²) < 4.78 is 56.6. The molecule has 1 saturated heterocycles. The van der Waals surface area contributed by atoms with Gasteiger partial charge < -0.3 is 4.42 Å². The quantitative estimate of drug-likeness (QED) is 0.370. The summed E-state index contributed by atoms with van der Waals surface area (Å²) in [6.07, 6.45) is 0. The Hall–Kier alpha value is -2.21. The van der Waals surface area contributed by atoms with Crippen molar-refractivity contribution in [3.63, 3.8) is 0 Å². The largest absolute Gasteiger partial charge is 0.456 e. The van der Waals surface area contributed by atoms with E-state index in [9.17, 15) is 26.9 Å². The molecule has 148 valence electrons. The summed E-state index contributed by atoms with van der Waals surface area (Å²) in [5, 5.41) is 11.0. The van der Waals surface area contributed by atoms with Gasteiger partial charge in [0.1, 0.15) is 11.2 Å². The van der Waals surface area contributed by atoms with Gasteiger partial charge in [0.2, 0.25) is 10.0 Å². The SMILES string of the molecule is O=[N+]([O-])c1ccc2c(c1)oc1ccc(S(=O)(=O)NC3CS(=O)(=O)CC3Cl)cc12. The molecular weight excluding hydrogens is 432 g/mol. The Balaban J connectivity index is 1.74. The van der Waals surface area contributed by atoms with Gasteiger partial charge in [-0.3, -0.25) is 10.1 Å². The lowest BCUT2D eigenvalue weighted by Gasteiger charge is -2.14. The average Bonchev–Trinajstić information content (AvgIpc) is 3.08. The number of hydrogen-bond donors (Lipinski definition) is 1. The molecule has 0 aliphatic carbocycles. The number of alkyl halides is 1. The maximum absolute atomic E-state index is 12.7. The smallest absolute Gasteiger partial charge is 0.273 e. The molecule has 0 spiro atoms. The molecule has 1 aliphatic rings. The van der Waals surface area contributed by atoms with Crippen LogP contribution in [0, 0.1) is 10.1 Å². The van der Waals surface area contributed by atoms with E-state index in [0.717, 1.165) is 0 Å². The Morgan fingerprint density at radius 1 is 1.11 bits per heavy atom. The van der Waals surface area contributed by atoms with Crippen LogP contribution in [0.25, 0.3) is 21.9 Å². The number of sulfone groups is 1. The van der Waals surface area contributed by atoms with E-state index in [2.05, 4.69) is 4.72 Å². The van der Waals surface area contributed by atoms with Gasteiger partial charge in [0.25, 0.3) is 5.69 Å². The predicted octanol–water partition coefficient (Wildman–Crippen LogP) is 2.18. The summed E-state index contributed by atoms with van der Waals surface area (Å²) in [5.74, 6) is -0.646. The van der Waals surface area contributed by atoms with Gasteiger partial charge in [0.15, 0.2) is 9.84 Å². The van der Waals surface area contributed by atoms with Gasteiger partial charge in [-0.05, 0) is 24.3 Å². The van der Waals surface area contributed by atoms with Crippen molar-refractivity contribution in [1.29, 1.82) is 0 Å². The van der Waals surface area contributed by atoms with Crippen molar-refractivity contribution >= 4 is 59.1 Å². The van der Waals surface area contributed by atoms with E-state index < -0.39 is 36.2 Å². The van der Waals surface area contributed by atoms with Crippen molar-refractivity contribution in [2.24, 2.45) is 0 Å². The van der Waals surface area contributed by atoms with Gasteiger partial charge in [0, 0.05) is 16.8 Å². The van der Waals surface area contributed by atoms with Crippen LogP contribution in [0.1, 0.15) is 0 Å². The molecule has 2 aromatic carbocycles. The van der Waals surface area contributed by atoms with Crippen LogP contribution in [0.2, 0.25) is 0 Å². The number of hydrogen-bond acceptors (Lipinski definition) is 7. The molecule has 9 nitrogen and oxygen atoms in total. The lowest BCUT2D eigenvalue weighted by atomic mass is 10.1. The highest BCUT2D eigenvalue weighted by Gasteiger charge is 2.39. The van der Waals surface area contributed by atoms with Crippen molar-refractivity contribution in [2.75, 3.05) is 11.5 Å². The van der Waals surface area contributed by atoms with Crippen LogP contribution in [0.4, 0.5) is 5.69 Å². The minimum atomic E-state index is -4.04. The molecule has 0 radical (unpaired) electrons. The minimum absolute atomic E-state index is 0.0887. The number of sulfonamides is 1. The van der Waals surface area contributed by atoms with E-state index in [1.807, 2.05) is 0 Å². The van der Waals surface area contributed by atoms with Crippen LogP contribution in [-0.4, -0.2) is 44.7 Å². The fourth-order valence-corrected chi connectivity index (χ4v) is 7.24. The molecule has 4 rings (SSSR count). The van der Waals surface area contributed by atoms with Crippen LogP contribution in [0.5, 0.6) is 0 Å². The van der Waals surface area contributed by atoms with Crippen LogP contribution in [0.15, 0.2) is 45.7 Å². The molecule has 3 aromatic rings. The lowest BCUT2D eigenvalue weighted by molar-refractivity contribution is -0.384. The first kappa shape index (κ1) is 19.1. The summed E-state index contributed by atoms with van der Waals surface area (Å²) in [7, 11) is -7.43. The Labute approximate surface area is 164 Å². The van der Waals surface area contributed by atoms with Crippen LogP contribution < -0.4 is 4.72 Å². The van der Waals surface area contributed by atoms with Gasteiger partial charge in [-0.1, -0.05) is 0 Å². The number of rotatable bonds is 4. The Bertz CT molecular complexity index is 1330. The van der Waals surface area contributed by atoms with Crippen LogP contribution in [0.3, 0.4) is 0 Å². The Kier molecular flexibility index (Phi) is 4.38. The zero-order valence-electron chi connectivity index (χ0n) is 14.0. The first-order valence-corrected chi connectivity index (χ1v) is 11.8. The molecule has 1 N–H and O–H groups in total. The first-order valence-electron chi connectivity index (χ1n) is 8.03. The second-order valence-corrected chi connectivity index (χ2v) is 10.9. The highest BCUT2D eigenvalue weighted by atomic mass is 35.5. The zero-order chi connectivity index (χ0) is 20.3. The summed E-state index contributed by atoms with van der Waals surface area (Å²) in [4.78, 5) is 10.3. The molecule has 12 heteroatoms. The predicted molar refractivity (Wildman–Crippen MR) is 103 cm³/mol. The molecule has 28 heavy (non-hydrogen) atoms. The number of fused-ring (bicyclic) bond motifs is 3. The highest BCUT2D eigenvalue weighted by Crippen LogP contribution is 2.33. The minimum Gasteiger partial charge on any atom is -0.456 e. The maximum Gasteiger partial charge on any atom is 0.273 e. The maximum atomic E-state index is 12.7. The number of non-ortho nitro benzene ring substituents is 1. The third kappa shape index (κ3) is 3.34. The zero-order valence-corrected chi connectivity index (χ0v) is 16.4. The topological polar surface area (TPSA) is 137 Å². The van der Waals surface area contributed by atoms with Crippen molar-refractivity contribution < 1.29 is 26.2 Å². The van der Waals surface area contributed by atoms with Gasteiger partial charge in [-0.2, -0.15) is 0 Å². The number of furan rings is 1. The van der Waals surface area contributed by atoms with E-state index in [1.165, 1.54) is 36.4 Å². The molecular formula is C16H13ClN2O7S2. The van der Waals surface area contributed by atoms with E-state index in [-0.39, 0.29) is 27.7 Å².